The van der Waals surface area contributed by atoms with Crippen LogP contribution in [-0.4, -0.2) is 348 Å². The van der Waals surface area contributed by atoms with Gasteiger partial charge in [-0.3, -0.25) is 52.7 Å². The molecule has 41 heteroatoms. The second-order valence-corrected chi connectivity index (χ2v) is 28.3. The zero-order chi connectivity index (χ0) is 86.3. The fourth-order valence-corrected chi connectivity index (χ4v) is 11.3. The van der Waals surface area contributed by atoms with Gasteiger partial charge in [-0.05, 0) is 90.9 Å². The number of aliphatic hydroxyl groups is 9. The Morgan fingerprint density at radius 1 is 0.397 bits per heavy atom. The first kappa shape index (κ1) is 107. The third-order valence-electron chi connectivity index (χ3n) is 17.7. The number of rotatable bonds is 73. The second-order valence-electron chi connectivity index (χ2n) is 28.3. The lowest BCUT2D eigenvalue weighted by Gasteiger charge is -2.42. The minimum Gasteiger partial charge on any atom is -0.394 e. The quantitative estimate of drug-likeness (QED) is 0.0200. The van der Waals surface area contributed by atoms with Crippen LogP contribution in [0.3, 0.4) is 0 Å². The molecule has 0 aromatic heterocycles. The summed E-state index contributed by atoms with van der Waals surface area (Å²) in [4.78, 5) is 139. The summed E-state index contributed by atoms with van der Waals surface area (Å²) in [5.74, 6) is -4.17. The van der Waals surface area contributed by atoms with Crippen molar-refractivity contribution < 1.29 is 146 Å². The lowest BCUT2D eigenvalue weighted by molar-refractivity contribution is -0.270. The maximum absolute atomic E-state index is 13.9. The number of carbonyl (C=O) groups is 11. The van der Waals surface area contributed by atoms with Crippen LogP contribution in [0.5, 0.6) is 0 Å². The van der Waals surface area contributed by atoms with E-state index in [9.17, 15) is 98.7 Å². The molecule has 1 aliphatic rings. The Balaban J connectivity index is 3.06. The Morgan fingerprint density at radius 3 is 1.10 bits per heavy atom. The molecule has 0 aromatic carbocycles. The third-order valence-corrected chi connectivity index (χ3v) is 17.7. The van der Waals surface area contributed by atoms with E-state index < -0.39 is 160 Å². The predicted molar refractivity (Wildman–Crippen MR) is 415 cm³/mol. The van der Waals surface area contributed by atoms with E-state index in [1.165, 1.54) is 34.6 Å². The van der Waals surface area contributed by atoms with E-state index in [0.29, 0.717) is 70.9 Å². The number of unbranched alkanes of at least 4 members (excludes halogenated alkanes) is 6. The minimum atomic E-state index is -1.50. The van der Waals surface area contributed by atoms with Gasteiger partial charge in [0.15, 0.2) is 18.9 Å². The normalized spacial score (nSPS) is 17.9. The molecule has 1 rings (SSSR count). The molecule has 0 aromatic rings. The maximum Gasteiger partial charge on any atom is 0.222 e. The number of ether oxygens (including phenoxy) is 10. The lowest BCUT2D eigenvalue weighted by Crippen LogP contribution is -2.64. The monoisotopic (exact) mass is 1670 g/mol. The number of methoxy groups -OCH3 is 1. The van der Waals surface area contributed by atoms with Crippen molar-refractivity contribution in [3.63, 3.8) is 0 Å². The summed E-state index contributed by atoms with van der Waals surface area (Å²) in [7, 11) is 1.64. The number of nitrogens with one attached hydrogen (secondary N) is 11. The average Bonchev–Trinajstić information content (AvgIpc) is 0.809. The summed E-state index contributed by atoms with van der Waals surface area (Å²) in [6.07, 6.45) is -4.96. The molecule has 0 bridgehead atoms. The van der Waals surface area contributed by atoms with Gasteiger partial charge in [-0.1, -0.05) is 12.8 Å². The average molecular weight is 1670 g/mol. The number of hydrogen-bond donors (Lipinski definition) is 20. The van der Waals surface area contributed by atoms with Crippen LogP contribution >= 0.6 is 0 Å². The number of carbonyl (C=O) groups excluding carboxylic acids is 11. The zero-order valence-corrected chi connectivity index (χ0v) is 68.7. The van der Waals surface area contributed by atoms with Gasteiger partial charge in [0, 0.05) is 151 Å². The van der Waals surface area contributed by atoms with Crippen molar-refractivity contribution in [1.82, 2.24) is 58.5 Å². The number of hydrogen-bond acceptors (Lipinski definition) is 30. The van der Waals surface area contributed by atoms with Gasteiger partial charge in [-0.25, -0.2) is 0 Å². The fourth-order valence-electron chi connectivity index (χ4n) is 11.3. The third kappa shape index (κ3) is 53.1. The summed E-state index contributed by atoms with van der Waals surface area (Å²) in [5, 5.41) is 119. The van der Waals surface area contributed by atoms with Gasteiger partial charge in [0.2, 0.25) is 65.0 Å². The molecule has 13 atom stereocenters. The Hall–Kier alpha value is -6.59. The van der Waals surface area contributed by atoms with Crippen molar-refractivity contribution >= 4 is 65.0 Å². The van der Waals surface area contributed by atoms with E-state index in [0.717, 1.165) is 25.7 Å². The van der Waals surface area contributed by atoms with Crippen molar-refractivity contribution in [3.05, 3.63) is 0 Å². The van der Waals surface area contributed by atoms with Gasteiger partial charge in [0.05, 0.1) is 84.9 Å². The lowest BCUT2D eigenvalue weighted by atomic mass is 9.97. The van der Waals surface area contributed by atoms with Crippen LogP contribution in [0.15, 0.2) is 0 Å². The highest BCUT2D eigenvalue weighted by atomic mass is 16.7. The van der Waals surface area contributed by atoms with Crippen molar-refractivity contribution in [3.8, 4) is 0 Å². The van der Waals surface area contributed by atoms with E-state index in [1.807, 2.05) is 0 Å². The van der Waals surface area contributed by atoms with Crippen LogP contribution in [-0.2, 0) is 100 Å². The standard InChI is InChI=1S/C75H139N11O30/c1-51(92)58(45-89)114-72(56(43-87)83-53(3)94)111-37-14-9-21-61(97)77-30-18-33-80-65(101)26-40-108-48-75(86-68(104)25-17-24-64(100)76-29-12-7-8-13-36-107-6,49-109-41-27-66(102)81-34-19-31-78-62(98)22-10-15-38-112-73(57(44-88)84-54(4)95)115-59(46-90)52(2)93)50-110-42-28-67(103)82-35-20-32-79-63(99)23-11-16-39-113-74-69(85-55(5)96)71(106)70(105)60(47-91)116-74/h51-52,56-60,69-74,87-93,105-106H,7-50H2,1-6H3,(H,76,100)(H,77,97)(H,78,98)(H,79,99)(H,80,101)(H,81,102)(H,82,103)(H,83,94)(H,84,95)(H,85,96)(H,86,104)/t51-,52-,56+,57+,58?,59?,60?,69?,70?,71?,72?,73?,74?,75?/m1/s1. The zero-order valence-electron chi connectivity index (χ0n) is 68.7. The molecule has 20 N–H and O–H groups in total. The van der Waals surface area contributed by atoms with Crippen molar-refractivity contribution in [2.45, 2.75) is 261 Å². The first-order valence-electron chi connectivity index (χ1n) is 40.4. The highest BCUT2D eigenvalue weighted by Gasteiger charge is 2.45. The van der Waals surface area contributed by atoms with Gasteiger partial charge in [0.1, 0.15) is 54.2 Å². The molecule has 11 amide bonds. The molecule has 9 unspecified atom stereocenters. The van der Waals surface area contributed by atoms with Crippen LogP contribution in [0.1, 0.15) is 176 Å². The first-order chi connectivity index (χ1) is 55.6. The molecular formula is C75H139N11O30. The van der Waals surface area contributed by atoms with Gasteiger partial charge < -0.3 is 152 Å². The Kier molecular flexibility index (Phi) is 62.2. The van der Waals surface area contributed by atoms with E-state index in [2.05, 4.69) is 58.5 Å². The smallest absolute Gasteiger partial charge is 0.222 e. The molecule has 0 spiro atoms. The van der Waals surface area contributed by atoms with Gasteiger partial charge in [-0.2, -0.15) is 0 Å². The topological polar surface area (TPSA) is 594 Å². The molecule has 0 radical (unpaired) electrons. The molecule has 41 nitrogen and oxygen atoms in total. The van der Waals surface area contributed by atoms with Crippen molar-refractivity contribution in [2.24, 2.45) is 0 Å². The molecule has 0 saturated carbocycles. The van der Waals surface area contributed by atoms with Crippen LogP contribution in [0.2, 0.25) is 0 Å². The van der Waals surface area contributed by atoms with E-state index in [1.54, 1.807) is 7.11 Å². The Morgan fingerprint density at radius 2 is 0.750 bits per heavy atom. The van der Waals surface area contributed by atoms with Crippen molar-refractivity contribution in [1.29, 1.82) is 0 Å². The van der Waals surface area contributed by atoms with Gasteiger partial charge in [0.25, 0.3) is 0 Å². The second kappa shape index (κ2) is 67.2. The van der Waals surface area contributed by atoms with E-state index in [-0.39, 0.29) is 180 Å². The highest BCUT2D eigenvalue weighted by Crippen LogP contribution is 2.23. The van der Waals surface area contributed by atoms with Crippen LogP contribution in [0.4, 0.5) is 0 Å². The molecular weight excluding hydrogens is 1530 g/mol. The Labute approximate surface area is 680 Å². The van der Waals surface area contributed by atoms with E-state index in [4.69, 9.17) is 47.4 Å². The summed E-state index contributed by atoms with van der Waals surface area (Å²) in [5.41, 5.74) is -1.50. The van der Waals surface area contributed by atoms with Crippen molar-refractivity contribution in [2.75, 3.05) is 152 Å². The molecule has 0 aliphatic carbocycles. The van der Waals surface area contributed by atoms with E-state index >= 15 is 0 Å². The molecule has 1 saturated heterocycles. The molecule has 1 fully saturated rings. The largest absolute Gasteiger partial charge is 0.394 e. The molecule has 1 heterocycles. The molecule has 116 heavy (non-hydrogen) atoms. The number of aliphatic hydroxyl groups excluding tert-OH is 9. The molecule has 1 aliphatic heterocycles. The number of amides is 11. The van der Waals surface area contributed by atoms with Gasteiger partial charge >= 0.3 is 0 Å². The van der Waals surface area contributed by atoms with Crippen LogP contribution < -0.4 is 58.5 Å². The van der Waals surface area contributed by atoms with Gasteiger partial charge in [-0.15, -0.1) is 0 Å². The highest BCUT2D eigenvalue weighted by molar-refractivity contribution is 5.80. The SMILES string of the molecule is COCCCCCCNC(=O)CCCC(=O)NC(COCCC(=O)NCCCNC(=O)CCCCOC1OC(CO)C(O)C(O)C1NC(C)=O)(COCCC(=O)NCCCNC(=O)CCCCOC(OC(CO)[C@@H](C)O)[C@H](CO)NC(C)=O)COCCC(=O)NCCCNC(=O)CCCCOC(OC(CO)[C@@H](C)O)[C@H](CO)NC(C)=O. The maximum atomic E-state index is 13.9. The summed E-state index contributed by atoms with van der Waals surface area (Å²) in [6, 6.07) is -3.10. The summed E-state index contributed by atoms with van der Waals surface area (Å²) < 4.78 is 57.3. The predicted octanol–water partition coefficient (Wildman–Crippen LogP) is -4.91. The first-order valence-corrected chi connectivity index (χ1v) is 40.4. The van der Waals surface area contributed by atoms with Crippen LogP contribution in [0.25, 0.3) is 0 Å². The Bertz CT molecular complexity index is 2620. The molecule has 674 valence electrons. The minimum absolute atomic E-state index is 0.0430. The van der Waals surface area contributed by atoms with Crippen LogP contribution in [0, 0.1) is 0 Å². The summed E-state index contributed by atoms with van der Waals surface area (Å²) >= 11 is 0. The fraction of sp³-hybridized carbons (Fsp3) is 0.853. The summed E-state index contributed by atoms with van der Waals surface area (Å²) in [6.45, 7) is 4.85.